The Morgan fingerprint density at radius 1 is 1.16 bits per heavy atom. The van der Waals surface area contributed by atoms with Gasteiger partial charge in [0.1, 0.15) is 12.1 Å². The minimum absolute atomic E-state index is 0.239. The highest BCUT2D eigenvalue weighted by atomic mass is 16.5. The Bertz CT molecular complexity index is 1080. The third-order valence-corrected chi connectivity index (χ3v) is 6.29. The molecule has 0 bridgehead atoms. The molecule has 4 amide bonds. The monoisotopic (exact) mass is 437 g/mol. The van der Waals surface area contributed by atoms with Crippen LogP contribution in [0.25, 0.3) is 10.8 Å². The second-order valence-corrected chi connectivity index (χ2v) is 8.44. The first kappa shape index (κ1) is 21.8. The van der Waals surface area contributed by atoms with Crippen molar-refractivity contribution in [1.29, 1.82) is 0 Å². The molecule has 0 unspecified atom stereocenters. The summed E-state index contributed by atoms with van der Waals surface area (Å²) in [4.78, 5) is 53.4. The number of rotatable bonds is 5. The standard InChI is InChI=1S/C24H27N3O5/c1-3-32-21(29)18-9-6-12-26(14-18)20(28)15-27-22(30)24(2,25-23(27)31)19-11-10-16-7-4-5-8-17(16)13-19/h4-5,7-8,10-11,13,18H,3,6,9,12,14-15H2,1-2H3,(H,25,31)/t18-,24-/m0/s1. The van der Waals surface area contributed by atoms with E-state index in [0.29, 0.717) is 31.6 Å². The maximum absolute atomic E-state index is 13.2. The number of fused-ring (bicyclic) bond motifs is 1. The molecule has 2 aliphatic rings. The largest absolute Gasteiger partial charge is 0.466 e. The molecule has 2 heterocycles. The lowest BCUT2D eigenvalue weighted by atomic mass is 9.90. The predicted molar refractivity (Wildman–Crippen MR) is 117 cm³/mol. The summed E-state index contributed by atoms with van der Waals surface area (Å²) >= 11 is 0. The molecule has 0 aliphatic carbocycles. The lowest BCUT2D eigenvalue weighted by molar-refractivity contribution is -0.152. The van der Waals surface area contributed by atoms with Gasteiger partial charge in [-0.05, 0) is 49.1 Å². The fourth-order valence-corrected chi connectivity index (χ4v) is 4.43. The molecule has 2 saturated heterocycles. The molecule has 4 rings (SSSR count). The topological polar surface area (TPSA) is 96.0 Å². The van der Waals surface area contributed by atoms with Gasteiger partial charge in [-0.25, -0.2) is 4.79 Å². The number of piperidine rings is 1. The van der Waals surface area contributed by atoms with Crippen LogP contribution >= 0.6 is 0 Å². The summed E-state index contributed by atoms with van der Waals surface area (Å²) in [5.41, 5.74) is -0.596. The number of carbonyl (C=O) groups excluding carboxylic acids is 4. The molecule has 1 N–H and O–H groups in total. The Morgan fingerprint density at radius 2 is 1.91 bits per heavy atom. The Morgan fingerprint density at radius 3 is 2.66 bits per heavy atom. The average molecular weight is 437 g/mol. The highest BCUT2D eigenvalue weighted by Crippen LogP contribution is 2.31. The Labute approximate surface area is 186 Å². The molecule has 8 nitrogen and oxygen atoms in total. The zero-order valence-corrected chi connectivity index (χ0v) is 18.3. The van der Waals surface area contributed by atoms with Crippen molar-refractivity contribution in [3.8, 4) is 0 Å². The molecule has 0 aromatic heterocycles. The summed E-state index contributed by atoms with van der Waals surface area (Å²) in [6.07, 6.45) is 1.33. The van der Waals surface area contributed by atoms with Crippen molar-refractivity contribution in [3.63, 3.8) is 0 Å². The van der Waals surface area contributed by atoms with E-state index in [1.54, 1.807) is 13.8 Å². The van der Waals surface area contributed by atoms with Gasteiger partial charge in [0, 0.05) is 13.1 Å². The zero-order valence-electron chi connectivity index (χ0n) is 18.3. The zero-order chi connectivity index (χ0) is 22.9. The summed E-state index contributed by atoms with van der Waals surface area (Å²) in [5.74, 6) is -1.52. The van der Waals surface area contributed by atoms with Crippen LogP contribution in [0.15, 0.2) is 42.5 Å². The third kappa shape index (κ3) is 3.92. The first-order valence-electron chi connectivity index (χ1n) is 10.9. The van der Waals surface area contributed by atoms with Gasteiger partial charge >= 0.3 is 12.0 Å². The predicted octanol–water partition coefficient (Wildman–Crippen LogP) is 2.41. The minimum atomic E-state index is -1.25. The minimum Gasteiger partial charge on any atom is -0.466 e. The molecule has 168 valence electrons. The van der Waals surface area contributed by atoms with E-state index in [4.69, 9.17) is 4.74 Å². The number of urea groups is 1. The number of amides is 4. The maximum Gasteiger partial charge on any atom is 0.325 e. The number of nitrogens with one attached hydrogen (secondary N) is 1. The van der Waals surface area contributed by atoms with Crippen LogP contribution in [-0.2, 0) is 24.7 Å². The third-order valence-electron chi connectivity index (χ3n) is 6.29. The SMILES string of the molecule is CCOC(=O)[C@H]1CCCN(C(=O)CN2C(=O)N[C@@](C)(c3ccc4ccccc4c3)C2=O)C1. The first-order chi connectivity index (χ1) is 15.3. The smallest absolute Gasteiger partial charge is 0.325 e. The van der Waals surface area contributed by atoms with E-state index in [9.17, 15) is 19.2 Å². The Kier molecular flexibility index (Phi) is 5.86. The van der Waals surface area contributed by atoms with Crippen molar-refractivity contribution in [1.82, 2.24) is 15.1 Å². The fourth-order valence-electron chi connectivity index (χ4n) is 4.43. The van der Waals surface area contributed by atoms with E-state index in [2.05, 4.69) is 5.32 Å². The summed E-state index contributed by atoms with van der Waals surface area (Å²) in [6, 6.07) is 12.8. The molecule has 0 radical (unpaired) electrons. The molecule has 0 spiro atoms. The van der Waals surface area contributed by atoms with Crippen molar-refractivity contribution < 1.29 is 23.9 Å². The van der Waals surface area contributed by atoms with Gasteiger partial charge in [0.2, 0.25) is 5.91 Å². The summed E-state index contributed by atoms with van der Waals surface area (Å²) in [5, 5.41) is 4.75. The Balaban J connectivity index is 1.48. The molecular weight excluding hydrogens is 410 g/mol. The molecular formula is C24H27N3O5. The second-order valence-electron chi connectivity index (χ2n) is 8.44. The molecule has 0 saturated carbocycles. The lowest BCUT2D eigenvalue weighted by Gasteiger charge is -2.32. The molecule has 32 heavy (non-hydrogen) atoms. The summed E-state index contributed by atoms with van der Waals surface area (Å²) in [7, 11) is 0. The highest BCUT2D eigenvalue weighted by Gasteiger charge is 2.50. The van der Waals surface area contributed by atoms with Crippen molar-refractivity contribution >= 4 is 34.6 Å². The normalized spacial score (nSPS) is 23.4. The number of nitrogens with zero attached hydrogens (tertiary/aromatic N) is 2. The number of likely N-dealkylation sites (tertiary alicyclic amines) is 1. The highest BCUT2D eigenvalue weighted by molar-refractivity contribution is 6.09. The maximum atomic E-state index is 13.2. The van der Waals surface area contributed by atoms with Gasteiger partial charge in [-0.1, -0.05) is 36.4 Å². The number of hydrogen-bond donors (Lipinski definition) is 1. The van der Waals surface area contributed by atoms with Gasteiger partial charge in [-0.3, -0.25) is 19.3 Å². The first-order valence-corrected chi connectivity index (χ1v) is 10.9. The number of carbonyl (C=O) groups is 4. The fraction of sp³-hybridized carbons (Fsp3) is 0.417. The van der Waals surface area contributed by atoms with Gasteiger partial charge in [0.25, 0.3) is 5.91 Å². The van der Waals surface area contributed by atoms with Crippen LogP contribution < -0.4 is 5.32 Å². The van der Waals surface area contributed by atoms with Crippen LogP contribution in [0, 0.1) is 5.92 Å². The van der Waals surface area contributed by atoms with E-state index in [-0.39, 0.29) is 30.9 Å². The van der Waals surface area contributed by atoms with Crippen LogP contribution in [-0.4, -0.2) is 59.9 Å². The second kappa shape index (κ2) is 8.61. The van der Waals surface area contributed by atoms with Crippen molar-refractivity contribution in [2.45, 2.75) is 32.2 Å². The van der Waals surface area contributed by atoms with Gasteiger partial charge in [0.15, 0.2) is 0 Å². The molecule has 2 aromatic rings. The number of imide groups is 1. The molecule has 2 fully saturated rings. The van der Waals surface area contributed by atoms with Gasteiger partial charge < -0.3 is 15.0 Å². The summed E-state index contributed by atoms with van der Waals surface area (Å²) in [6.45, 7) is 4.05. The number of hydrogen-bond acceptors (Lipinski definition) is 5. The van der Waals surface area contributed by atoms with E-state index in [1.807, 2.05) is 42.5 Å². The van der Waals surface area contributed by atoms with Gasteiger partial charge in [-0.2, -0.15) is 0 Å². The molecule has 2 aromatic carbocycles. The van der Waals surface area contributed by atoms with Crippen molar-refractivity contribution in [3.05, 3.63) is 48.0 Å². The van der Waals surface area contributed by atoms with Crippen LogP contribution in [0.1, 0.15) is 32.3 Å². The lowest BCUT2D eigenvalue weighted by Crippen LogP contribution is -2.48. The van der Waals surface area contributed by atoms with Crippen LogP contribution in [0.5, 0.6) is 0 Å². The molecule has 8 heteroatoms. The van der Waals surface area contributed by atoms with E-state index < -0.39 is 17.5 Å². The Hall–Kier alpha value is -3.42. The van der Waals surface area contributed by atoms with Crippen LogP contribution in [0.3, 0.4) is 0 Å². The van der Waals surface area contributed by atoms with E-state index in [1.165, 1.54) is 4.90 Å². The van der Waals surface area contributed by atoms with E-state index >= 15 is 0 Å². The number of ether oxygens (including phenoxy) is 1. The van der Waals surface area contributed by atoms with Crippen molar-refractivity contribution in [2.75, 3.05) is 26.2 Å². The molecule has 2 atom stereocenters. The summed E-state index contributed by atoms with van der Waals surface area (Å²) < 4.78 is 5.08. The number of esters is 1. The average Bonchev–Trinajstić information content (AvgIpc) is 3.02. The number of benzene rings is 2. The quantitative estimate of drug-likeness (QED) is 0.573. The molecule has 2 aliphatic heterocycles. The van der Waals surface area contributed by atoms with Crippen LogP contribution in [0.4, 0.5) is 4.79 Å². The van der Waals surface area contributed by atoms with E-state index in [0.717, 1.165) is 15.7 Å². The van der Waals surface area contributed by atoms with Crippen molar-refractivity contribution in [2.24, 2.45) is 5.92 Å². The van der Waals surface area contributed by atoms with Gasteiger partial charge in [0.05, 0.1) is 12.5 Å². The van der Waals surface area contributed by atoms with Gasteiger partial charge in [-0.15, -0.1) is 0 Å². The van der Waals surface area contributed by atoms with Crippen LogP contribution in [0.2, 0.25) is 0 Å².